The summed E-state index contributed by atoms with van der Waals surface area (Å²) in [7, 11) is 0. The van der Waals surface area contributed by atoms with Crippen molar-refractivity contribution in [3.05, 3.63) is 12.2 Å². The van der Waals surface area contributed by atoms with Gasteiger partial charge in [0.05, 0.1) is 18.3 Å². The minimum absolute atomic E-state index is 0.0352. The van der Waals surface area contributed by atoms with E-state index >= 15 is 0 Å². The van der Waals surface area contributed by atoms with E-state index in [4.69, 9.17) is 4.74 Å². The molecule has 0 aliphatic carbocycles. The van der Waals surface area contributed by atoms with Crippen LogP contribution in [0.3, 0.4) is 0 Å². The summed E-state index contributed by atoms with van der Waals surface area (Å²) in [6.07, 6.45) is 9.32. The second kappa shape index (κ2) is 6.20. The molecule has 0 bridgehead atoms. The zero-order valence-electron chi connectivity index (χ0n) is 9.28. The molecular formula is C12H22O2. The summed E-state index contributed by atoms with van der Waals surface area (Å²) < 4.78 is 5.78. The van der Waals surface area contributed by atoms with Gasteiger partial charge in [-0.15, -0.1) is 0 Å². The molecule has 0 aromatic carbocycles. The van der Waals surface area contributed by atoms with Crippen LogP contribution in [-0.2, 0) is 4.74 Å². The van der Waals surface area contributed by atoms with Crippen molar-refractivity contribution in [1.29, 1.82) is 0 Å². The number of unbranched alkanes of at least 4 members (excludes halogenated alkanes) is 1. The van der Waals surface area contributed by atoms with Gasteiger partial charge in [-0.2, -0.15) is 0 Å². The summed E-state index contributed by atoms with van der Waals surface area (Å²) >= 11 is 0. The largest absolute Gasteiger partial charge is 0.390 e. The molecule has 0 radical (unpaired) electrons. The number of allylic oxidation sites excluding steroid dienone is 1. The van der Waals surface area contributed by atoms with Crippen LogP contribution in [0, 0.1) is 0 Å². The molecule has 1 heterocycles. The Balaban J connectivity index is 2.27. The Labute approximate surface area is 87.0 Å². The van der Waals surface area contributed by atoms with Crippen LogP contribution in [0.25, 0.3) is 0 Å². The quantitative estimate of drug-likeness (QED) is 0.688. The van der Waals surface area contributed by atoms with Crippen LogP contribution in [0.2, 0.25) is 0 Å². The monoisotopic (exact) mass is 198 g/mol. The van der Waals surface area contributed by atoms with Crippen molar-refractivity contribution in [3.63, 3.8) is 0 Å². The summed E-state index contributed by atoms with van der Waals surface area (Å²) in [5, 5.41) is 9.73. The van der Waals surface area contributed by atoms with Crippen molar-refractivity contribution in [2.24, 2.45) is 0 Å². The molecule has 1 aliphatic heterocycles. The summed E-state index contributed by atoms with van der Waals surface area (Å²) in [6, 6.07) is 0. The number of rotatable bonds is 5. The van der Waals surface area contributed by atoms with Gasteiger partial charge in [0.1, 0.15) is 0 Å². The zero-order chi connectivity index (χ0) is 10.4. The second-order valence-corrected chi connectivity index (χ2v) is 4.05. The molecule has 14 heavy (non-hydrogen) atoms. The number of aliphatic hydroxyl groups excluding tert-OH is 1. The van der Waals surface area contributed by atoms with E-state index in [1.807, 2.05) is 13.0 Å². The van der Waals surface area contributed by atoms with Gasteiger partial charge in [0, 0.05) is 6.42 Å². The molecule has 2 heteroatoms. The lowest BCUT2D eigenvalue weighted by atomic mass is 10.1. The molecular weight excluding hydrogens is 176 g/mol. The Bertz CT molecular complexity index is 177. The first kappa shape index (κ1) is 11.7. The summed E-state index contributed by atoms with van der Waals surface area (Å²) in [5.74, 6) is 0. The maximum atomic E-state index is 9.73. The van der Waals surface area contributed by atoms with Gasteiger partial charge in [0.2, 0.25) is 0 Å². The highest BCUT2D eigenvalue weighted by molar-refractivity contribution is 4.89. The van der Waals surface area contributed by atoms with Crippen LogP contribution < -0.4 is 0 Å². The maximum Gasteiger partial charge on any atom is 0.0872 e. The van der Waals surface area contributed by atoms with Gasteiger partial charge in [-0.1, -0.05) is 31.9 Å². The normalized spacial score (nSPS) is 32.9. The standard InChI is InChI=1S/C12H22O2/c1-3-5-7-10-9-11(13)12(14-10)8-6-4-2/h4,6,10-13H,3,5,7-9H2,1-2H3/b6-4+/t10-,11+,12-/m0/s1. The van der Waals surface area contributed by atoms with Crippen LogP contribution >= 0.6 is 0 Å². The first-order valence-corrected chi connectivity index (χ1v) is 5.72. The van der Waals surface area contributed by atoms with E-state index in [0.29, 0.717) is 6.10 Å². The Morgan fingerprint density at radius 3 is 2.93 bits per heavy atom. The van der Waals surface area contributed by atoms with Crippen LogP contribution in [0.4, 0.5) is 0 Å². The first-order chi connectivity index (χ1) is 6.77. The number of aliphatic hydroxyl groups is 1. The highest BCUT2D eigenvalue weighted by Crippen LogP contribution is 2.26. The van der Waals surface area contributed by atoms with Crippen molar-refractivity contribution in [1.82, 2.24) is 0 Å². The predicted molar refractivity (Wildman–Crippen MR) is 58.2 cm³/mol. The molecule has 0 saturated carbocycles. The SMILES string of the molecule is C/C=C/C[C@@H]1O[C@@H](CCCC)C[C@H]1O. The van der Waals surface area contributed by atoms with Gasteiger partial charge in [-0.05, 0) is 19.8 Å². The van der Waals surface area contributed by atoms with Crippen LogP contribution in [0.15, 0.2) is 12.2 Å². The van der Waals surface area contributed by atoms with Crippen molar-refractivity contribution in [2.75, 3.05) is 0 Å². The lowest BCUT2D eigenvalue weighted by Gasteiger charge is -2.12. The Kier molecular flexibility index (Phi) is 5.20. The molecule has 0 unspecified atom stereocenters. The van der Waals surface area contributed by atoms with Crippen LogP contribution in [0.1, 0.15) is 46.0 Å². The Hall–Kier alpha value is -0.340. The van der Waals surface area contributed by atoms with Crippen LogP contribution in [-0.4, -0.2) is 23.4 Å². The summed E-state index contributed by atoms with van der Waals surface area (Å²) in [4.78, 5) is 0. The lowest BCUT2D eigenvalue weighted by molar-refractivity contribution is 0.00925. The molecule has 1 fully saturated rings. The lowest BCUT2D eigenvalue weighted by Crippen LogP contribution is -2.19. The molecule has 0 aromatic rings. The highest BCUT2D eigenvalue weighted by atomic mass is 16.5. The molecule has 1 N–H and O–H groups in total. The number of ether oxygens (including phenoxy) is 1. The van der Waals surface area contributed by atoms with E-state index in [9.17, 15) is 5.11 Å². The Morgan fingerprint density at radius 1 is 1.50 bits per heavy atom. The third-order valence-electron chi connectivity index (χ3n) is 2.78. The Morgan fingerprint density at radius 2 is 2.29 bits per heavy atom. The van der Waals surface area contributed by atoms with Crippen molar-refractivity contribution < 1.29 is 9.84 Å². The van der Waals surface area contributed by atoms with Gasteiger partial charge in [-0.3, -0.25) is 0 Å². The maximum absolute atomic E-state index is 9.73. The van der Waals surface area contributed by atoms with Gasteiger partial charge in [-0.25, -0.2) is 0 Å². The molecule has 1 saturated heterocycles. The van der Waals surface area contributed by atoms with E-state index in [0.717, 1.165) is 19.3 Å². The van der Waals surface area contributed by atoms with Crippen LogP contribution in [0.5, 0.6) is 0 Å². The topological polar surface area (TPSA) is 29.5 Å². The smallest absolute Gasteiger partial charge is 0.0872 e. The molecule has 1 rings (SSSR count). The van der Waals surface area contributed by atoms with Crippen molar-refractivity contribution >= 4 is 0 Å². The van der Waals surface area contributed by atoms with Crippen molar-refractivity contribution in [3.8, 4) is 0 Å². The average molecular weight is 198 g/mol. The fourth-order valence-corrected chi connectivity index (χ4v) is 1.92. The third-order valence-corrected chi connectivity index (χ3v) is 2.78. The van der Waals surface area contributed by atoms with E-state index in [-0.39, 0.29) is 12.2 Å². The summed E-state index contributed by atoms with van der Waals surface area (Å²) in [5.41, 5.74) is 0. The minimum atomic E-state index is -0.256. The average Bonchev–Trinajstić information content (AvgIpc) is 2.53. The third kappa shape index (κ3) is 3.43. The van der Waals surface area contributed by atoms with E-state index in [2.05, 4.69) is 13.0 Å². The van der Waals surface area contributed by atoms with Gasteiger partial charge < -0.3 is 9.84 Å². The zero-order valence-corrected chi connectivity index (χ0v) is 9.28. The predicted octanol–water partition coefficient (Wildman–Crippen LogP) is 2.66. The van der Waals surface area contributed by atoms with E-state index in [1.54, 1.807) is 0 Å². The molecule has 0 spiro atoms. The van der Waals surface area contributed by atoms with Gasteiger partial charge >= 0.3 is 0 Å². The highest BCUT2D eigenvalue weighted by Gasteiger charge is 2.32. The molecule has 1 aliphatic rings. The van der Waals surface area contributed by atoms with Gasteiger partial charge in [0.15, 0.2) is 0 Å². The molecule has 0 amide bonds. The number of hydrogen-bond acceptors (Lipinski definition) is 2. The number of hydrogen-bond donors (Lipinski definition) is 1. The fraction of sp³-hybridized carbons (Fsp3) is 0.833. The summed E-state index contributed by atoms with van der Waals surface area (Å²) in [6.45, 7) is 4.18. The molecule has 3 atom stereocenters. The second-order valence-electron chi connectivity index (χ2n) is 4.05. The molecule has 82 valence electrons. The van der Waals surface area contributed by atoms with Crippen molar-refractivity contribution in [2.45, 2.75) is 64.3 Å². The van der Waals surface area contributed by atoms with E-state index < -0.39 is 0 Å². The minimum Gasteiger partial charge on any atom is -0.390 e. The molecule has 2 nitrogen and oxygen atoms in total. The van der Waals surface area contributed by atoms with E-state index in [1.165, 1.54) is 12.8 Å². The fourth-order valence-electron chi connectivity index (χ4n) is 1.92. The first-order valence-electron chi connectivity index (χ1n) is 5.72. The van der Waals surface area contributed by atoms with Gasteiger partial charge in [0.25, 0.3) is 0 Å². The molecule has 0 aromatic heterocycles.